The number of aromatic nitrogens is 3. The van der Waals surface area contributed by atoms with Crippen LogP contribution in [0.5, 0.6) is 0 Å². The first kappa shape index (κ1) is 19.7. The predicted molar refractivity (Wildman–Crippen MR) is 106 cm³/mol. The Kier molecular flexibility index (Phi) is 7.11. The molecule has 1 aromatic carbocycles. The van der Waals surface area contributed by atoms with Gasteiger partial charge in [0.1, 0.15) is 12.4 Å². The third kappa shape index (κ3) is 5.71. The molecule has 1 fully saturated rings. The van der Waals surface area contributed by atoms with Gasteiger partial charge in [0, 0.05) is 19.8 Å². The van der Waals surface area contributed by atoms with Crippen LogP contribution in [-0.2, 0) is 17.8 Å². The number of thioether (sulfide) groups is 1. The Labute approximate surface area is 164 Å². The van der Waals surface area contributed by atoms with Crippen LogP contribution in [0.2, 0.25) is 0 Å². The number of likely N-dealkylation sites (tertiary alicyclic amines) is 1. The van der Waals surface area contributed by atoms with Crippen LogP contribution in [0.15, 0.2) is 35.5 Å². The Morgan fingerprint density at radius 3 is 2.59 bits per heavy atom. The average Bonchev–Trinajstić information content (AvgIpc) is 3.31. The molecule has 7 nitrogen and oxygen atoms in total. The van der Waals surface area contributed by atoms with E-state index >= 15 is 0 Å². The van der Waals surface area contributed by atoms with E-state index in [0.717, 1.165) is 37.2 Å². The van der Waals surface area contributed by atoms with Crippen LogP contribution in [0, 0.1) is 0 Å². The minimum absolute atomic E-state index is 0.323. The van der Waals surface area contributed by atoms with Crippen LogP contribution < -0.4 is 0 Å². The lowest BCUT2D eigenvalue weighted by molar-refractivity contribution is 0.125. The highest BCUT2D eigenvalue weighted by atomic mass is 32.2. The number of carbonyl (C=O) groups is 1. The van der Waals surface area contributed by atoms with Gasteiger partial charge in [0.15, 0.2) is 5.16 Å². The second-order valence-corrected chi connectivity index (χ2v) is 7.87. The van der Waals surface area contributed by atoms with Gasteiger partial charge in [-0.2, -0.15) is 0 Å². The van der Waals surface area contributed by atoms with Gasteiger partial charge in [0.05, 0.1) is 13.1 Å². The van der Waals surface area contributed by atoms with Crippen molar-refractivity contribution in [1.82, 2.24) is 24.6 Å². The number of benzene rings is 1. The highest BCUT2D eigenvalue weighted by molar-refractivity contribution is 7.99. The molecule has 0 atom stereocenters. The van der Waals surface area contributed by atoms with E-state index in [2.05, 4.69) is 31.8 Å². The largest absolute Gasteiger partial charge is 0.449 e. The van der Waals surface area contributed by atoms with Crippen molar-refractivity contribution in [1.29, 1.82) is 0 Å². The molecule has 0 aliphatic carbocycles. The van der Waals surface area contributed by atoms with Crippen molar-refractivity contribution in [2.24, 2.45) is 0 Å². The van der Waals surface area contributed by atoms with Crippen molar-refractivity contribution in [3.8, 4) is 0 Å². The molecule has 8 heteroatoms. The summed E-state index contributed by atoms with van der Waals surface area (Å²) in [5.41, 5.74) is 1.22. The minimum Gasteiger partial charge on any atom is -0.449 e. The summed E-state index contributed by atoms with van der Waals surface area (Å²) < 4.78 is 7.38. The summed E-state index contributed by atoms with van der Waals surface area (Å²) in [5.74, 6) is 1.64. The summed E-state index contributed by atoms with van der Waals surface area (Å²) in [4.78, 5) is 15.4. The van der Waals surface area contributed by atoms with Crippen molar-refractivity contribution in [2.75, 3.05) is 39.5 Å². The number of amides is 1. The van der Waals surface area contributed by atoms with Crippen molar-refractivity contribution < 1.29 is 9.53 Å². The van der Waals surface area contributed by atoms with Crippen LogP contribution in [0.4, 0.5) is 4.79 Å². The summed E-state index contributed by atoms with van der Waals surface area (Å²) in [6, 6.07) is 10.4. The number of carbonyl (C=O) groups excluding carboxylic acids is 1. The lowest BCUT2D eigenvalue weighted by Crippen LogP contribution is -2.23. The Morgan fingerprint density at radius 1 is 1.15 bits per heavy atom. The molecular weight excluding hydrogens is 362 g/mol. The molecule has 0 saturated carbocycles. The molecule has 0 radical (unpaired) electrons. The summed E-state index contributed by atoms with van der Waals surface area (Å²) in [5, 5.41) is 9.73. The van der Waals surface area contributed by atoms with Crippen molar-refractivity contribution in [3.05, 3.63) is 41.7 Å². The predicted octanol–water partition coefficient (Wildman–Crippen LogP) is 2.71. The zero-order valence-electron chi connectivity index (χ0n) is 16.0. The highest BCUT2D eigenvalue weighted by Gasteiger charge is 2.18. The number of nitrogens with zero attached hydrogens (tertiary/aromatic N) is 5. The quantitative estimate of drug-likeness (QED) is 0.511. The third-order valence-corrected chi connectivity index (χ3v) is 5.38. The Morgan fingerprint density at radius 2 is 1.89 bits per heavy atom. The van der Waals surface area contributed by atoms with Gasteiger partial charge in [-0.25, -0.2) is 4.79 Å². The molecule has 1 aromatic heterocycles. The van der Waals surface area contributed by atoms with E-state index in [4.69, 9.17) is 4.74 Å². The molecule has 2 heterocycles. The van der Waals surface area contributed by atoms with Crippen LogP contribution >= 0.6 is 11.8 Å². The lowest BCUT2D eigenvalue weighted by atomic mass is 10.2. The molecule has 1 saturated heterocycles. The zero-order chi connectivity index (χ0) is 19.1. The lowest BCUT2D eigenvalue weighted by Gasteiger charge is -2.16. The zero-order valence-corrected chi connectivity index (χ0v) is 16.8. The van der Waals surface area contributed by atoms with Crippen LogP contribution in [0.1, 0.15) is 24.2 Å². The molecule has 2 aromatic rings. The molecular formula is C19H27N5O2S. The SMILES string of the molecule is CN(C)C(=O)OCCSc1nnc(CN2CCCC2)n1Cc1ccccc1. The van der Waals surface area contributed by atoms with Crippen LogP contribution in [0.25, 0.3) is 0 Å². The molecule has 0 bridgehead atoms. The normalized spacial score (nSPS) is 14.4. The average molecular weight is 390 g/mol. The van der Waals surface area contributed by atoms with E-state index in [0.29, 0.717) is 12.4 Å². The maximum atomic E-state index is 11.5. The highest BCUT2D eigenvalue weighted by Crippen LogP contribution is 2.21. The number of hydrogen-bond acceptors (Lipinski definition) is 6. The first-order valence-corrected chi connectivity index (χ1v) is 10.3. The van der Waals surface area contributed by atoms with Crippen molar-refractivity contribution in [3.63, 3.8) is 0 Å². The summed E-state index contributed by atoms with van der Waals surface area (Å²) in [6.45, 7) is 4.18. The van der Waals surface area contributed by atoms with Crippen LogP contribution in [0.3, 0.4) is 0 Å². The smallest absolute Gasteiger partial charge is 0.409 e. The Bertz CT molecular complexity index is 729. The second kappa shape index (κ2) is 9.75. The van der Waals surface area contributed by atoms with E-state index in [-0.39, 0.29) is 6.09 Å². The fraction of sp³-hybridized carbons (Fsp3) is 0.526. The van der Waals surface area contributed by atoms with Gasteiger partial charge in [-0.3, -0.25) is 4.90 Å². The Balaban J connectivity index is 1.66. The molecule has 1 aliphatic heterocycles. The molecule has 1 aliphatic rings. The maximum Gasteiger partial charge on any atom is 0.409 e. The van der Waals surface area contributed by atoms with Gasteiger partial charge in [-0.05, 0) is 31.5 Å². The standard InChI is InChI=1S/C19H27N5O2S/c1-22(2)19(25)26-12-13-27-18-21-20-17(15-23-10-6-7-11-23)24(18)14-16-8-4-3-5-9-16/h3-5,8-9H,6-7,10-15H2,1-2H3. The number of rotatable bonds is 8. The van der Waals surface area contributed by atoms with Crippen molar-refractivity contribution >= 4 is 17.9 Å². The van der Waals surface area contributed by atoms with E-state index < -0.39 is 0 Å². The molecule has 27 heavy (non-hydrogen) atoms. The van der Waals surface area contributed by atoms with Gasteiger partial charge in [0.2, 0.25) is 0 Å². The van der Waals surface area contributed by atoms with Gasteiger partial charge in [-0.1, -0.05) is 42.1 Å². The van der Waals surface area contributed by atoms with Crippen molar-refractivity contribution in [2.45, 2.75) is 31.1 Å². The fourth-order valence-electron chi connectivity index (χ4n) is 3.00. The first-order valence-electron chi connectivity index (χ1n) is 9.28. The van der Waals surface area contributed by atoms with Gasteiger partial charge >= 0.3 is 6.09 Å². The first-order chi connectivity index (χ1) is 13.1. The van der Waals surface area contributed by atoms with E-state index in [1.165, 1.54) is 23.3 Å². The molecule has 0 spiro atoms. The van der Waals surface area contributed by atoms with E-state index in [1.807, 2.05) is 18.2 Å². The Hall–Kier alpha value is -2.06. The van der Waals surface area contributed by atoms with E-state index in [1.54, 1.807) is 25.9 Å². The van der Waals surface area contributed by atoms with E-state index in [9.17, 15) is 4.79 Å². The molecule has 1 amide bonds. The van der Waals surface area contributed by atoms with Gasteiger partial charge < -0.3 is 14.2 Å². The van der Waals surface area contributed by atoms with Gasteiger partial charge in [-0.15, -0.1) is 10.2 Å². The molecule has 0 N–H and O–H groups in total. The summed E-state index contributed by atoms with van der Waals surface area (Å²) in [6.07, 6.45) is 2.19. The fourth-order valence-corrected chi connectivity index (χ4v) is 3.77. The van der Waals surface area contributed by atoms with Gasteiger partial charge in [0.25, 0.3) is 0 Å². The maximum absolute atomic E-state index is 11.5. The van der Waals surface area contributed by atoms with Crippen LogP contribution in [-0.4, -0.2) is 70.2 Å². The molecule has 3 rings (SSSR count). The topological polar surface area (TPSA) is 63.5 Å². The number of hydrogen-bond donors (Lipinski definition) is 0. The third-order valence-electron chi connectivity index (χ3n) is 4.45. The second-order valence-electron chi connectivity index (χ2n) is 6.81. The molecule has 0 unspecified atom stereocenters. The summed E-state index contributed by atoms with van der Waals surface area (Å²) >= 11 is 1.57. The summed E-state index contributed by atoms with van der Waals surface area (Å²) in [7, 11) is 3.35. The monoisotopic (exact) mass is 389 g/mol. The molecule has 146 valence electrons. The number of ether oxygens (including phenoxy) is 1. The minimum atomic E-state index is -0.323.